The molecule has 1 aromatic carbocycles. The van der Waals surface area contributed by atoms with Crippen LogP contribution in [0.5, 0.6) is 0 Å². The number of benzene rings is 1. The van der Waals surface area contributed by atoms with Gasteiger partial charge in [0.05, 0.1) is 0 Å². The Labute approximate surface area is 125 Å². The molecule has 1 aromatic heterocycles. The molecule has 110 valence electrons. The van der Waals surface area contributed by atoms with E-state index in [1.165, 1.54) is 24.0 Å². The van der Waals surface area contributed by atoms with Gasteiger partial charge in [0.1, 0.15) is 12.0 Å². The number of hydrogen-bond acceptors (Lipinski definition) is 5. The minimum atomic E-state index is 0.625. The number of nitrogens with one attached hydrogen (secondary N) is 1. The maximum Gasteiger partial charge on any atom is 0.159 e. The molecule has 0 aliphatic carbocycles. The third-order valence-electron chi connectivity index (χ3n) is 3.91. The highest BCUT2D eigenvalue weighted by Crippen LogP contribution is 2.31. The van der Waals surface area contributed by atoms with Gasteiger partial charge < -0.3 is 16.0 Å². The molecule has 1 saturated heterocycles. The SMILES string of the molecule is Cc1ccc(C)c(Nc2ncnc(N3CCCC3)c2N)c1. The van der Waals surface area contributed by atoms with Crippen molar-refractivity contribution < 1.29 is 0 Å². The Kier molecular flexibility index (Phi) is 3.64. The maximum atomic E-state index is 6.27. The van der Waals surface area contributed by atoms with Crippen molar-refractivity contribution >= 4 is 23.0 Å². The van der Waals surface area contributed by atoms with Crippen LogP contribution in [-0.4, -0.2) is 23.1 Å². The van der Waals surface area contributed by atoms with Crippen molar-refractivity contribution in [2.45, 2.75) is 26.7 Å². The van der Waals surface area contributed by atoms with Crippen molar-refractivity contribution in [2.75, 3.05) is 29.0 Å². The Morgan fingerprint density at radius 2 is 1.90 bits per heavy atom. The summed E-state index contributed by atoms with van der Waals surface area (Å²) in [5.74, 6) is 1.52. The zero-order valence-corrected chi connectivity index (χ0v) is 12.6. The van der Waals surface area contributed by atoms with E-state index < -0.39 is 0 Å². The van der Waals surface area contributed by atoms with E-state index in [2.05, 4.69) is 52.2 Å². The van der Waals surface area contributed by atoms with E-state index in [-0.39, 0.29) is 0 Å². The number of nitrogens with zero attached hydrogens (tertiary/aromatic N) is 3. The highest BCUT2D eigenvalue weighted by atomic mass is 15.2. The second-order valence-corrected chi connectivity index (χ2v) is 5.60. The number of hydrogen-bond donors (Lipinski definition) is 2. The van der Waals surface area contributed by atoms with Gasteiger partial charge in [0.15, 0.2) is 11.6 Å². The van der Waals surface area contributed by atoms with Gasteiger partial charge in [-0.3, -0.25) is 0 Å². The predicted octanol–water partition coefficient (Wildman–Crippen LogP) is 3.02. The first-order valence-electron chi connectivity index (χ1n) is 7.35. The summed E-state index contributed by atoms with van der Waals surface area (Å²) in [6.45, 7) is 6.18. The third kappa shape index (κ3) is 2.77. The van der Waals surface area contributed by atoms with Crippen LogP contribution in [0.4, 0.5) is 23.0 Å². The summed E-state index contributed by atoms with van der Waals surface area (Å²) in [5, 5.41) is 3.34. The lowest BCUT2D eigenvalue weighted by Crippen LogP contribution is -2.21. The fourth-order valence-electron chi connectivity index (χ4n) is 2.66. The van der Waals surface area contributed by atoms with Crippen LogP contribution >= 0.6 is 0 Å². The van der Waals surface area contributed by atoms with Gasteiger partial charge in [0, 0.05) is 18.8 Å². The van der Waals surface area contributed by atoms with Crippen molar-refractivity contribution in [1.82, 2.24) is 9.97 Å². The fourth-order valence-corrected chi connectivity index (χ4v) is 2.66. The number of nitrogen functional groups attached to an aromatic ring is 1. The molecule has 3 rings (SSSR count). The van der Waals surface area contributed by atoms with Gasteiger partial charge in [-0.2, -0.15) is 0 Å². The summed E-state index contributed by atoms with van der Waals surface area (Å²) in [7, 11) is 0. The van der Waals surface area contributed by atoms with E-state index >= 15 is 0 Å². The topological polar surface area (TPSA) is 67.1 Å². The highest BCUT2D eigenvalue weighted by molar-refractivity contribution is 5.79. The second kappa shape index (κ2) is 5.60. The van der Waals surface area contributed by atoms with Gasteiger partial charge in [0.25, 0.3) is 0 Å². The predicted molar refractivity (Wildman–Crippen MR) is 87.1 cm³/mol. The zero-order valence-electron chi connectivity index (χ0n) is 12.6. The van der Waals surface area contributed by atoms with Crippen molar-refractivity contribution in [2.24, 2.45) is 0 Å². The van der Waals surface area contributed by atoms with E-state index in [0.29, 0.717) is 11.5 Å². The number of anilines is 4. The Morgan fingerprint density at radius 3 is 2.67 bits per heavy atom. The van der Waals surface area contributed by atoms with Crippen LogP contribution < -0.4 is 16.0 Å². The molecule has 5 nitrogen and oxygen atoms in total. The van der Waals surface area contributed by atoms with Crippen LogP contribution in [0.15, 0.2) is 24.5 Å². The number of aryl methyl sites for hydroxylation is 2. The molecule has 2 aromatic rings. The standard InChI is InChI=1S/C16H21N5/c1-11-5-6-12(2)13(9-11)20-15-14(17)16(19-10-18-15)21-7-3-4-8-21/h5-6,9-10H,3-4,7-8,17H2,1-2H3,(H,18,19,20). The van der Waals surface area contributed by atoms with Gasteiger partial charge in [-0.05, 0) is 43.9 Å². The number of rotatable bonds is 3. The minimum absolute atomic E-state index is 0.625. The fraction of sp³-hybridized carbons (Fsp3) is 0.375. The average molecular weight is 283 g/mol. The van der Waals surface area contributed by atoms with Crippen molar-refractivity contribution in [3.63, 3.8) is 0 Å². The first kappa shape index (κ1) is 13.7. The Balaban J connectivity index is 1.92. The van der Waals surface area contributed by atoms with Gasteiger partial charge in [-0.25, -0.2) is 9.97 Å². The zero-order chi connectivity index (χ0) is 14.8. The highest BCUT2D eigenvalue weighted by Gasteiger charge is 2.18. The van der Waals surface area contributed by atoms with Crippen LogP contribution in [0.2, 0.25) is 0 Å². The molecular formula is C16H21N5. The van der Waals surface area contributed by atoms with Crippen LogP contribution in [0.25, 0.3) is 0 Å². The molecule has 3 N–H and O–H groups in total. The first-order chi connectivity index (χ1) is 10.1. The molecule has 0 radical (unpaired) electrons. The molecule has 0 bridgehead atoms. The quantitative estimate of drug-likeness (QED) is 0.906. The van der Waals surface area contributed by atoms with E-state index in [0.717, 1.165) is 24.6 Å². The number of aromatic nitrogens is 2. The van der Waals surface area contributed by atoms with E-state index in [4.69, 9.17) is 5.73 Å². The molecule has 0 unspecified atom stereocenters. The lowest BCUT2D eigenvalue weighted by atomic mass is 10.1. The van der Waals surface area contributed by atoms with Gasteiger partial charge in [0.2, 0.25) is 0 Å². The smallest absolute Gasteiger partial charge is 0.159 e. The summed E-state index contributed by atoms with van der Waals surface area (Å²) in [6.07, 6.45) is 3.98. The maximum absolute atomic E-state index is 6.27. The van der Waals surface area contributed by atoms with E-state index in [1.807, 2.05) is 0 Å². The molecular weight excluding hydrogens is 262 g/mol. The lowest BCUT2D eigenvalue weighted by molar-refractivity contribution is 0.931. The lowest BCUT2D eigenvalue weighted by Gasteiger charge is -2.20. The first-order valence-corrected chi connectivity index (χ1v) is 7.35. The minimum Gasteiger partial charge on any atom is -0.393 e. The van der Waals surface area contributed by atoms with Crippen molar-refractivity contribution in [3.05, 3.63) is 35.7 Å². The molecule has 2 heterocycles. The molecule has 1 aliphatic heterocycles. The third-order valence-corrected chi connectivity index (χ3v) is 3.91. The summed E-state index contributed by atoms with van der Waals surface area (Å²) < 4.78 is 0. The second-order valence-electron chi connectivity index (χ2n) is 5.60. The molecule has 0 saturated carbocycles. The molecule has 1 aliphatic rings. The van der Waals surface area contributed by atoms with E-state index in [9.17, 15) is 0 Å². The molecule has 0 atom stereocenters. The normalized spacial score (nSPS) is 14.5. The van der Waals surface area contributed by atoms with Crippen LogP contribution in [0.3, 0.4) is 0 Å². The van der Waals surface area contributed by atoms with Crippen molar-refractivity contribution in [1.29, 1.82) is 0 Å². The summed E-state index contributed by atoms with van der Waals surface area (Å²) in [5.41, 5.74) is 10.3. The largest absolute Gasteiger partial charge is 0.393 e. The number of nitrogens with two attached hydrogens (primary N) is 1. The Bertz CT molecular complexity index is 647. The summed E-state index contributed by atoms with van der Waals surface area (Å²) >= 11 is 0. The monoisotopic (exact) mass is 283 g/mol. The van der Waals surface area contributed by atoms with Crippen LogP contribution in [0, 0.1) is 13.8 Å². The Morgan fingerprint density at radius 1 is 1.14 bits per heavy atom. The van der Waals surface area contributed by atoms with E-state index in [1.54, 1.807) is 6.33 Å². The Hall–Kier alpha value is -2.30. The van der Waals surface area contributed by atoms with Gasteiger partial charge in [-0.1, -0.05) is 12.1 Å². The molecule has 0 amide bonds. The van der Waals surface area contributed by atoms with Crippen molar-refractivity contribution in [3.8, 4) is 0 Å². The molecule has 5 heteroatoms. The molecule has 1 fully saturated rings. The van der Waals surface area contributed by atoms with Gasteiger partial charge >= 0.3 is 0 Å². The van der Waals surface area contributed by atoms with Crippen LogP contribution in [-0.2, 0) is 0 Å². The van der Waals surface area contributed by atoms with Crippen LogP contribution in [0.1, 0.15) is 24.0 Å². The summed E-state index contributed by atoms with van der Waals surface area (Å²) in [4.78, 5) is 10.9. The average Bonchev–Trinajstić information content (AvgIpc) is 2.99. The molecule has 21 heavy (non-hydrogen) atoms. The molecule has 0 spiro atoms. The van der Waals surface area contributed by atoms with Gasteiger partial charge in [-0.15, -0.1) is 0 Å². The summed E-state index contributed by atoms with van der Waals surface area (Å²) in [6, 6.07) is 6.29.